The molecule has 0 aromatic heterocycles. The molecule has 6 aromatic carbocycles. The highest BCUT2D eigenvalue weighted by Gasteiger charge is 2.60. The number of piperazine rings is 1. The van der Waals surface area contributed by atoms with Crippen molar-refractivity contribution in [1.29, 1.82) is 0 Å². The molecular weight excluding hydrogens is 1450 g/mol. The average molecular weight is 1580 g/mol. The number of likely N-dealkylation sites (N-methyl/N-ethyl adjacent to an activating group) is 1. The van der Waals surface area contributed by atoms with Crippen molar-refractivity contribution in [3.63, 3.8) is 0 Å². The van der Waals surface area contributed by atoms with Gasteiger partial charge in [-0.25, -0.2) is 0 Å². The van der Waals surface area contributed by atoms with Crippen molar-refractivity contribution < 1.29 is 58.4 Å². The Hall–Kier alpha value is -8.20. The molecule has 0 radical (unpaired) electrons. The third-order valence-electron chi connectivity index (χ3n) is 27.0. The smallest absolute Gasteiger partial charge is 0.306 e. The zero-order valence-electron chi connectivity index (χ0n) is 70.7. The Balaban J connectivity index is 0.000000224. The van der Waals surface area contributed by atoms with Gasteiger partial charge >= 0.3 is 5.97 Å². The summed E-state index contributed by atoms with van der Waals surface area (Å²) >= 11 is 0. The van der Waals surface area contributed by atoms with E-state index in [4.69, 9.17) is 29.6 Å². The summed E-state index contributed by atoms with van der Waals surface area (Å²) in [5.74, 6) is 2.21. The number of esters is 1. The number of fused-ring (bicyclic) bond motifs is 4. The SMILES string of the molecule is COc1c(CN2O[C@@H](CN)[C@H]([C@H](C)O)[C@H]2C(=O)N[C@H]2C[C@H]3C[C@@H]([C@@H]2C)C3(C)C)cccc1-c1cc(CN2CCNCC2)cc(N(C)C)c1.COc1c(CN2O[C@@H](CO)[C@@H]([C@H](C)OC(=O)CCc3ccc(O)cc3)[C@H]2C(=O)N[C@H]2C[C@H]3C[C@@H]([C@@H]2C)C3(C)C)cccc1-c1cc(C(=O)N[C@@H](Cc2ccccc2)CN(C)C)cc(N(C)C)c1. The Kier molecular flexibility index (Phi) is 27.8. The minimum absolute atomic E-state index is 0.0344. The first-order valence-corrected chi connectivity index (χ1v) is 41.7. The number of anilines is 2. The number of aliphatic hydroxyl groups is 2. The molecule has 6 saturated carbocycles. The van der Waals surface area contributed by atoms with Gasteiger partial charge in [-0.3, -0.25) is 33.8 Å². The number of carbonyl (C=O) groups is 4. The molecule has 3 saturated heterocycles. The van der Waals surface area contributed by atoms with Crippen LogP contribution in [0.1, 0.15) is 126 Å². The predicted octanol–water partition coefficient (Wildman–Crippen LogP) is 10.3. The number of carbonyl (C=O) groups excluding carboxylic acids is 4. The van der Waals surface area contributed by atoms with Crippen molar-refractivity contribution in [2.45, 2.75) is 175 Å². The summed E-state index contributed by atoms with van der Waals surface area (Å²) in [4.78, 5) is 78.3. The Morgan fingerprint density at radius 2 is 1.17 bits per heavy atom. The van der Waals surface area contributed by atoms with Gasteiger partial charge in [-0.05, 0) is 189 Å². The fraction of sp³-hybridized carbons (Fsp3) is 0.565. The van der Waals surface area contributed by atoms with Gasteiger partial charge in [0.2, 0.25) is 11.8 Å². The first-order chi connectivity index (χ1) is 54.9. The molecule has 624 valence electrons. The van der Waals surface area contributed by atoms with Crippen LogP contribution in [0.15, 0.2) is 127 Å². The Labute approximate surface area is 682 Å². The molecule has 4 bridgehead atoms. The van der Waals surface area contributed by atoms with Crippen LogP contribution in [0.25, 0.3) is 22.3 Å². The number of ether oxygens (including phenoxy) is 3. The number of hydroxylamine groups is 4. The minimum atomic E-state index is -0.928. The highest BCUT2D eigenvalue weighted by Crippen LogP contribution is 2.62. The van der Waals surface area contributed by atoms with E-state index in [0.29, 0.717) is 72.2 Å². The number of aliphatic hydroxyl groups excluding tert-OH is 2. The maximum Gasteiger partial charge on any atom is 0.306 e. The number of hydrogen-bond acceptors (Lipinski definition) is 20. The maximum absolute atomic E-state index is 14.9. The Morgan fingerprint density at radius 3 is 1.66 bits per heavy atom. The van der Waals surface area contributed by atoms with Gasteiger partial charge < -0.3 is 71.2 Å². The van der Waals surface area contributed by atoms with Crippen LogP contribution in [0.2, 0.25) is 0 Å². The third kappa shape index (κ3) is 19.3. The first-order valence-electron chi connectivity index (χ1n) is 41.7. The molecular formula is C92H129N11O12. The van der Waals surface area contributed by atoms with E-state index in [9.17, 15) is 34.5 Å². The third-order valence-corrected chi connectivity index (χ3v) is 27.0. The number of nitrogens with two attached hydrogens (primary N) is 1. The normalized spacial score (nSPS) is 26.9. The number of amides is 3. The van der Waals surface area contributed by atoms with Gasteiger partial charge in [0.15, 0.2) is 0 Å². The predicted molar refractivity (Wildman–Crippen MR) is 451 cm³/mol. The number of phenols is 1. The van der Waals surface area contributed by atoms with Crippen LogP contribution in [0, 0.1) is 58.2 Å². The van der Waals surface area contributed by atoms with Crippen LogP contribution in [-0.4, -0.2) is 216 Å². The van der Waals surface area contributed by atoms with Crippen LogP contribution < -0.4 is 46.3 Å². The van der Waals surface area contributed by atoms with Gasteiger partial charge in [0.05, 0.1) is 52.0 Å². The topological polar surface area (TPSA) is 269 Å². The molecule has 0 spiro atoms. The molecule has 115 heavy (non-hydrogen) atoms. The van der Waals surface area contributed by atoms with Crippen LogP contribution in [0.4, 0.5) is 11.4 Å². The molecule has 23 heteroatoms. The van der Waals surface area contributed by atoms with Crippen molar-refractivity contribution in [2.24, 2.45) is 63.9 Å². The molecule has 17 atom stereocenters. The lowest BCUT2D eigenvalue weighted by molar-refractivity contribution is -0.183. The number of benzene rings is 6. The molecule has 15 rings (SSSR count). The van der Waals surface area contributed by atoms with Crippen molar-refractivity contribution in [3.8, 4) is 39.5 Å². The number of hydrogen-bond donors (Lipinski definition) is 8. The number of para-hydroxylation sites is 2. The highest BCUT2D eigenvalue weighted by atomic mass is 16.7. The molecule has 6 aromatic rings. The van der Waals surface area contributed by atoms with E-state index in [2.05, 4.69) is 128 Å². The zero-order valence-corrected chi connectivity index (χ0v) is 70.7. The van der Waals surface area contributed by atoms with E-state index in [1.54, 1.807) is 62.5 Å². The lowest BCUT2D eigenvalue weighted by Gasteiger charge is -2.62. The number of rotatable bonds is 30. The van der Waals surface area contributed by atoms with Crippen LogP contribution in [-0.2, 0) is 61.3 Å². The summed E-state index contributed by atoms with van der Waals surface area (Å²) in [5.41, 5.74) is 17.7. The van der Waals surface area contributed by atoms with Gasteiger partial charge in [0.1, 0.15) is 41.5 Å². The van der Waals surface area contributed by atoms with E-state index in [0.717, 1.165) is 114 Å². The van der Waals surface area contributed by atoms with Crippen LogP contribution in [0.3, 0.4) is 0 Å². The van der Waals surface area contributed by atoms with E-state index >= 15 is 0 Å². The second-order valence-corrected chi connectivity index (χ2v) is 35.7. The van der Waals surface area contributed by atoms with Gasteiger partial charge in [-0.15, -0.1) is 0 Å². The second-order valence-electron chi connectivity index (χ2n) is 35.7. The lowest BCUT2D eigenvalue weighted by Crippen LogP contribution is -2.62. The van der Waals surface area contributed by atoms with E-state index < -0.39 is 60.9 Å². The molecule has 6 aliphatic carbocycles. The van der Waals surface area contributed by atoms with Crippen molar-refractivity contribution in [3.05, 3.63) is 161 Å². The van der Waals surface area contributed by atoms with Gasteiger partial charge in [-0.1, -0.05) is 120 Å². The average Bonchev–Trinajstić information content (AvgIpc) is 1.18. The lowest BCUT2D eigenvalue weighted by atomic mass is 9.45. The van der Waals surface area contributed by atoms with E-state index in [-0.39, 0.29) is 72.4 Å². The Bertz CT molecular complexity index is 4310. The largest absolute Gasteiger partial charge is 0.508 e. The number of aromatic hydroxyl groups is 1. The quantitative estimate of drug-likeness (QED) is 0.0195. The molecule has 3 aliphatic heterocycles. The number of phenolic OH excluding ortho intramolecular Hbond substituents is 1. The van der Waals surface area contributed by atoms with Crippen molar-refractivity contribution >= 4 is 35.1 Å². The summed E-state index contributed by atoms with van der Waals surface area (Å²) in [5, 5.41) is 48.5. The summed E-state index contributed by atoms with van der Waals surface area (Å²) in [6.45, 7) is 23.2. The molecule has 9 N–H and O–H groups in total. The second kappa shape index (κ2) is 37.2. The molecule has 9 fully saturated rings. The Morgan fingerprint density at radius 1 is 0.635 bits per heavy atom. The molecule has 9 aliphatic rings. The number of nitrogens with zero attached hydrogens (tertiary/aromatic N) is 6. The van der Waals surface area contributed by atoms with E-state index in [1.165, 1.54) is 12.0 Å². The van der Waals surface area contributed by atoms with E-state index in [1.807, 2.05) is 99.8 Å². The standard InChI is InChI=1S/C54H71N5O8.C38H58N6O4/c1-33-45-28-40(54(45,3)4)29-46(33)56-53(64)50-49(34(2)66-48(62)23-20-35-18-21-43(61)22-19-35)47(32-60)67-59(50)30-37-16-13-17-44(51(37)65-9)38-25-39(27-42(26-38)58(7)8)52(63)55-41(31-57(5)6)24-36-14-11-10-12-15-36;1-23-31-18-28(38(31,3)4)19-32(23)41-37(46)35-34(24(2)45)33(20-39)48-44(35)22-26-9-8-10-30(36(26)47-7)27-15-25(16-29(17-27)42(5)6)21-43-13-11-40-12-14-43/h10-19,21-22,25-27,33-34,40-41,45-47,49-50,60-61H,20,23-24,28-32H2,1-9H3,(H,55,63)(H,56,64);8-10,15-17,23-24,28,31-35,40,45H,11-14,18-22,39H2,1-7H3,(H,41,46)/t33-,34-,40+,41-,45-,46-,47-,49+,50-;23-,24-,28+,31-,32-,33-,34-,35-/m00/s1. The molecule has 3 amide bonds. The highest BCUT2D eigenvalue weighted by molar-refractivity contribution is 5.97. The first kappa shape index (κ1) is 86.1. The van der Waals surface area contributed by atoms with Crippen LogP contribution >= 0.6 is 0 Å². The molecule has 3 heterocycles. The van der Waals surface area contributed by atoms with Crippen molar-refractivity contribution in [1.82, 2.24) is 41.2 Å². The van der Waals surface area contributed by atoms with Crippen LogP contribution in [0.5, 0.6) is 17.2 Å². The summed E-state index contributed by atoms with van der Waals surface area (Å²) < 4.78 is 18.4. The zero-order chi connectivity index (χ0) is 82.5. The van der Waals surface area contributed by atoms with Crippen molar-refractivity contribution in [2.75, 3.05) is 112 Å². The fourth-order valence-corrected chi connectivity index (χ4v) is 20.2. The summed E-state index contributed by atoms with van der Waals surface area (Å²) in [6, 6.07) is 39.7. The number of aryl methyl sites for hydroxylation is 1. The molecule has 0 unspecified atom stereocenters. The monoisotopic (exact) mass is 1580 g/mol. The van der Waals surface area contributed by atoms with Gasteiger partial charge in [0, 0.05) is 144 Å². The van der Waals surface area contributed by atoms with Gasteiger partial charge in [-0.2, -0.15) is 10.1 Å². The summed E-state index contributed by atoms with van der Waals surface area (Å²) in [6.07, 6.45) is 2.57. The fourth-order valence-electron chi connectivity index (χ4n) is 20.2. The number of nitrogens with one attached hydrogen (secondary N) is 4. The maximum atomic E-state index is 14.9. The number of methoxy groups -OCH3 is 2. The summed E-state index contributed by atoms with van der Waals surface area (Å²) in [7, 11) is 15.3. The minimum Gasteiger partial charge on any atom is -0.508 e. The molecule has 23 nitrogen and oxygen atoms in total. The van der Waals surface area contributed by atoms with Gasteiger partial charge in [0.25, 0.3) is 5.91 Å².